The summed E-state index contributed by atoms with van der Waals surface area (Å²) in [5.74, 6) is -1.78. The molecule has 1 saturated heterocycles. The number of benzene rings is 1. The number of anilines is 1. The number of carbonyl (C=O) groups excluding carboxylic acids is 2. The van der Waals surface area contributed by atoms with Crippen molar-refractivity contribution in [3.63, 3.8) is 0 Å². The van der Waals surface area contributed by atoms with Crippen molar-refractivity contribution in [1.82, 2.24) is 5.32 Å². The molecule has 0 radical (unpaired) electrons. The molecule has 1 aromatic carbocycles. The monoisotopic (exact) mass is 332 g/mol. The molecule has 1 aromatic rings. The van der Waals surface area contributed by atoms with Gasteiger partial charge in [-0.15, -0.1) is 0 Å². The van der Waals surface area contributed by atoms with Crippen LogP contribution in [0.25, 0.3) is 0 Å². The maximum absolute atomic E-state index is 12.0. The Balaban J connectivity index is 1.47. The lowest BCUT2D eigenvalue weighted by Gasteiger charge is -2.21. The van der Waals surface area contributed by atoms with Crippen LogP contribution in [0.15, 0.2) is 18.2 Å². The minimum atomic E-state index is -0.670. The van der Waals surface area contributed by atoms with Gasteiger partial charge in [0.15, 0.2) is 5.79 Å². The van der Waals surface area contributed by atoms with E-state index in [2.05, 4.69) is 10.6 Å². The van der Waals surface area contributed by atoms with E-state index in [1.54, 1.807) is 6.07 Å². The van der Waals surface area contributed by atoms with Crippen LogP contribution in [0.4, 0.5) is 5.69 Å². The first-order valence-electron chi connectivity index (χ1n) is 8.46. The standard InChI is InChI=1S/C18H24N2O4/c1-12-5-6-15(13(2)9-12)20-17(22)16(21)19-10-14-11-23-18(24-14)7-3-4-8-18/h5-6,9,14H,3-4,7-8,10-11H2,1-2H3,(H,19,21)(H,20,22)/t14-/m0/s1. The van der Waals surface area contributed by atoms with Gasteiger partial charge in [-0.3, -0.25) is 9.59 Å². The van der Waals surface area contributed by atoms with Gasteiger partial charge in [0.25, 0.3) is 0 Å². The molecule has 2 N–H and O–H groups in total. The van der Waals surface area contributed by atoms with Crippen LogP contribution in [0.3, 0.4) is 0 Å². The highest BCUT2D eigenvalue weighted by Gasteiger charge is 2.43. The second-order valence-electron chi connectivity index (χ2n) is 6.65. The maximum atomic E-state index is 12.0. The Bertz CT molecular complexity index is 638. The molecule has 2 aliphatic rings. The zero-order chi connectivity index (χ0) is 17.2. The average molecular weight is 332 g/mol. The Kier molecular flexibility index (Phi) is 4.87. The van der Waals surface area contributed by atoms with E-state index in [-0.39, 0.29) is 12.6 Å². The molecular weight excluding hydrogens is 308 g/mol. The van der Waals surface area contributed by atoms with Crippen molar-refractivity contribution >= 4 is 17.5 Å². The number of amides is 2. The molecular formula is C18H24N2O4. The Labute approximate surface area is 141 Å². The van der Waals surface area contributed by atoms with Crippen LogP contribution >= 0.6 is 0 Å². The van der Waals surface area contributed by atoms with E-state index in [1.807, 2.05) is 26.0 Å². The fourth-order valence-corrected chi connectivity index (χ4v) is 3.31. The molecule has 2 amide bonds. The molecule has 1 aliphatic carbocycles. The van der Waals surface area contributed by atoms with Gasteiger partial charge in [0.2, 0.25) is 0 Å². The molecule has 1 aliphatic heterocycles. The van der Waals surface area contributed by atoms with E-state index in [0.29, 0.717) is 12.3 Å². The van der Waals surface area contributed by atoms with Gasteiger partial charge in [-0.1, -0.05) is 17.7 Å². The van der Waals surface area contributed by atoms with Gasteiger partial charge in [0.1, 0.15) is 6.10 Å². The quantitative estimate of drug-likeness (QED) is 0.831. The predicted octanol–water partition coefficient (Wildman–Crippen LogP) is 2.04. The number of carbonyl (C=O) groups is 2. The van der Waals surface area contributed by atoms with Crippen molar-refractivity contribution in [2.24, 2.45) is 0 Å². The van der Waals surface area contributed by atoms with Crippen LogP contribution in [0, 0.1) is 13.8 Å². The summed E-state index contributed by atoms with van der Waals surface area (Å²) in [5, 5.41) is 5.26. The summed E-state index contributed by atoms with van der Waals surface area (Å²) in [6, 6.07) is 5.65. The second-order valence-corrected chi connectivity index (χ2v) is 6.65. The van der Waals surface area contributed by atoms with E-state index in [9.17, 15) is 9.59 Å². The van der Waals surface area contributed by atoms with Gasteiger partial charge in [0.05, 0.1) is 6.61 Å². The molecule has 1 heterocycles. The summed E-state index contributed by atoms with van der Waals surface area (Å²) in [5.41, 5.74) is 2.67. The zero-order valence-electron chi connectivity index (χ0n) is 14.2. The van der Waals surface area contributed by atoms with Crippen LogP contribution in [0.2, 0.25) is 0 Å². The second kappa shape index (κ2) is 6.91. The van der Waals surface area contributed by atoms with E-state index in [4.69, 9.17) is 9.47 Å². The Morgan fingerprint density at radius 3 is 2.67 bits per heavy atom. The molecule has 1 spiro atoms. The Morgan fingerprint density at radius 1 is 1.21 bits per heavy atom. The van der Waals surface area contributed by atoms with Gasteiger partial charge >= 0.3 is 11.8 Å². The Morgan fingerprint density at radius 2 is 1.96 bits per heavy atom. The van der Waals surface area contributed by atoms with E-state index < -0.39 is 17.6 Å². The summed E-state index contributed by atoms with van der Waals surface area (Å²) >= 11 is 0. The third-order valence-corrected chi connectivity index (χ3v) is 4.61. The first-order chi connectivity index (χ1) is 11.5. The minimum absolute atomic E-state index is 0.194. The van der Waals surface area contributed by atoms with E-state index >= 15 is 0 Å². The van der Waals surface area contributed by atoms with Crippen LogP contribution in [-0.4, -0.2) is 36.9 Å². The van der Waals surface area contributed by atoms with Crippen LogP contribution in [0.5, 0.6) is 0 Å². The predicted molar refractivity (Wildman–Crippen MR) is 89.6 cm³/mol. The third-order valence-electron chi connectivity index (χ3n) is 4.61. The maximum Gasteiger partial charge on any atom is 0.313 e. The molecule has 24 heavy (non-hydrogen) atoms. The molecule has 6 heteroatoms. The van der Waals surface area contributed by atoms with Gasteiger partial charge in [0, 0.05) is 25.1 Å². The molecule has 3 rings (SSSR count). The van der Waals surface area contributed by atoms with Crippen LogP contribution in [0.1, 0.15) is 36.8 Å². The topological polar surface area (TPSA) is 76.7 Å². The lowest BCUT2D eigenvalue weighted by Crippen LogP contribution is -2.40. The summed E-state index contributed by atoms with van der Waals surface area (Å²) < 4.78 is 11.7. The average Bonchev–Trinajstić information content (AvgIpc) is 3.18. The smallest absolute Gasteiger partial charge is 0.313 e. The third kappa shape index (κ3) is 3.76. The van der Waals surface area contributed by atoms with Crippen molar-refractivity contribution in [3.05, 3.63) is 29.3 Å². The van der Waals surface area contributed by atoms with Crippen molar-refractivity contribution in [2.45, 2.75) is 51.4 Å². The van der Waals surface area contributed by atoms with Crippen molar-refractivity contribution < 1.29 is 19.1 Å². The summed E-state index contributed by atoms with van der Waals surface area (Å²) in [6.07, 6.45) is 3.84. The number of hydrogen-bond acceptors (Lipinski definition) is 4. The molecule has 130 valence electrons. The van der Waals surface area contributed by atoms with Crippen molar-refractivity contribution in [1.29, 1.82) is 0 Å². The number of nitrogens with one attached hydrogen (secondary N) is 2. The SMILES string of the molecule is Cc1ccc(NC(=O)C(=O)NC[C@H]2COC3(CCCC3)O2)c(C)c1. The normalized spacial score (nSPS) is 21.8. The molecule has 0 aromatic heterocycles. The summed E-state index contributed by atoms with van der Waals surface area (Å²) in [6.45, 7) is 4.61. The van der Waals surface area contributed by atoms with Crippen molar-refractivity contribution in [3.8, 4) is 0 Å². The first-order valence-corrected chi connectivity index (χ1v) is 8.46. The number of hydrogen-bond donors (Lipinski definition) is 2. The van der Waals surface area contributed by atoms with Crippen molar-refractivity contribution in [2.75, 3.05) is 18.5 Å². The highest BCUT2D eigenvalue weighted by Crippen LogP contribution is 2.38. The fraction of sp³-hybridized carbons (Fsp3) is 0.556. The molecule has 1 saturated carbocycles. The molecule has 2 fully saturated rings. The number of ether oxygens (including phenoxy) is 2. The van der Waals surface area contributed by atoms with Crippen LogP contribution < -0.4 is 10.6 Å². The minimum Gasteiger partial charge on any atom is -0.347 e. The molecule has 0 unspecified atom stereocenters. The summed E-state index contributed by atoms with van der Waals surface area (Å²) in [7, 11) is 0. The fourth-order valence-electron chi connectivity index (χ4n) is 3.31. The lowest BCUT2D eigenvalue weighted by atomic mass is 10.1. The molecule has 0 bridgehead atoms. The van der Waals surface area contributed by atoms with Gasteiger partial charge in [-0.05, 0) is 38.3 Å². The first kappa shape index (κ1) is 16.9. The lowest BCUT2D eigenvalue weighted by molar-refractivity contribution is -0.161. The van der Waals surface area contributed by atoms with Gasteiger partial charge < -0.3 is 20.1 Å². The van der Waals surface area contributed by atoms with Gasteiger partial charge in [-0.2, -0.15) is 0 Å². The highest BCUT2D eigenvalue weighted by atomic mass is 16.7. The molecule has 6 nitrogen and oxygen atoms in total. The van der Waals surface area contributed by atoms with Crippen LogP contribution in [-0.2, 0) is 19.1 Å². The highest BCUT2D eigenvalue weighted by molar-refractivity contribution is 6.39. The van der Waals surface area contributed by atoms with E-state index in [0.717, 1.165) is 36.8 Å². The number of rotatable bonds is 3. The number of aryl methyl sites for hydroxylation is 2. The Hall–Kier alpha value is -1.92. The summed E-state index contributed by atoms with van der Waals surface area (Å²) in [4.78, 5) is 24.0. The van der Waals surface area contributed by atoms with E-state index in [1.165, 1.54) is 0 Å². The van der Waals surface area contributed by atoms with Gasteiger partial charge in [-0.25, -0.2) is 0 Å². The largest absolute Gasteiger partial charge is 0.347 e. The zero-order valence-corrected chi connectivity index (χ0v) is 14.2. The molecule has 1 atom stereocenters.